The molecule has 4 rings (SSSR count). The second kappa shape index (κ2) is 14.3. The van der Waals surface area contributed by atoms with Gasteiger partial charge < -0.3 is 21.3 Å². The van der Waals surface area contributed by atoms with Gasteiger partial charge in [0.25, 0.3) is 0 Å². The zero-order chi connectivity index (χ0) is 32.0. The minimum absolute atomic E-state index is 0.00835. The molecule has 1 fully saturated rings. The molecule has 0 spiro atoms. The summed E-state index contributed by atoms with van der Waals surface area (Å²) in [5.41, 5.74) is 10.9. The molecule has 1 saturated heterocycles. The molecular weight excluding hydrogens is 567 g/mol. The van der Waals surface area contributed by atoms with E-state index < -0.39 is 11.7 Å². The SMILES string of the molecule is CC1=CC=C(C(=O)NCC2=CC(C(F)(F)F)=C(CN(C)C3CCN(C)CC3)CC=C2)CC=C1N/C=C(\N)c1cnn(C)c1C. The van der Waals surface area contributed by atoms with Gasteiger partial charge in [0, 0.05) is 54.9 Å². The molecule has 2 heterocycles. The number of rotatable bonds is 9. The van der Waals surface area contributed by atoms with Crippen LogP contribution in [0, 0.1) is 6.92 Å². The monoisotopic (exact) mass is 611 g/mol. The third-order valence-electron chi connectivity index (χ3n) is 8.62. The summed E-state index contributed by atoms with van der Waals surface area (Å²) in [6.07, 6.45) is 11.5. The van der Waals surface area contributed by atoms with Gasteiger partial charge in [0.2, 0.25) is 5.91 Å². The van der Waals surface area contributed by atoms with Crippen LogP contribution in [0.3, 0.4) is 0 Å². The molecule has 4 N–H and O–H groups in total. The van der Waals surface area contributed by atoms with Crippen molar-refractivity contribution in [3.63, 3.8) is 0 Å². The van der Waals surface area contributed by atoms with Gasteiger partial charge in [-0.25, -0.2) is 0 Å². The number of halogens is 3. The maximum absolute atomic E-state index is 14.2. The molecular formula is C33H44F3N7O. The van der Waals surface area contributed by atoms with Gasteiger partial charge in [-0.3, -0.25) is 14.4 Å². The van der Waals surface area contributed by atoms with E-state index in [9.17, 15) is 18.0 Å². The van der Waals surface area contributed by atoms with E-state index in [0.29, 0.717) is 28.8 Å². The van der Waals surface area contributed by atoms with Crippen LogP contribution in [0.2, 0.25) is 0 Å². The zero-order valence-corrected chi connectivity index (χ0v) is 26.3. The van der Waals surface area contributed by atoms with Crippen molar-refractivity contribution in [2.24, 2.45) is 12.8 Å². The van der Waals surface area contributed by atoms with Gasteiger partial charge in [0.05, 0.1) is 17.5 Å². The first-order chi connectivity index (χ1) is 20.8. The lowest BCUT2D eigenvalue weighted by atomic mass is 10.00. The summed E-state index contributed by atoms with van der Waals surface area (Å²) in [5, 5.41) is 10.3. The molecule has 0 unspecified atom stereocenters. The van der Waals surface area contributed by atoms with Crippen LogP contribution in [0.15, 0.2) is 82.4 Å². The second-order valence-corrected chi connectivity index (χ2v) is 11.8. The fraction of sp³-hybridized carbons (Fsp3) is 0.455. The topological polar surface area (TPSA) is 91.5 Å². The summed E-state index contributed by atoms with van der Waals surface area (Å²) in [6, 6.07) is 0.261. The number of amides is 1. The fourth-order valence-corrected chi connectivity index (χ4v) is 5.61. The van der Waals surface area contributed by atoms with Crippen molar-refractivity contribution >= 4 is 11.6 Å². The van der Waals surface area contributed by atoms with Crippen molar-refractivity contribution in [3.05, 3.63) is 93.7 Å². The number of aromatic nitrogens is 2. The van der Waals surface area contributed by atoms with Crippen molar-refractivity contribution in [1.82, 2.24) is 30.2 Å². The van der Waals surface area contributed by atoms with E-state index in [0.717, 1.165) is 48.5 Å². The molecule has 1 aromatic rings. The molecule has 0 saturated carbocycles. The zero-order valence-electron chi connectivity index (χ0n) is 26.3. The number of hydrogen-bond acceptors (Lipinski definition) is 6. The highest BCUT2D eigenvalue weighted by Gasteiger charge is 2.36. The molecule has 3 aliphatic rings. The summed E-state index contributed by atoms with van der Waals surface area (Å²) < 4.78 is 44.5. The molecule has 2 aliphatic carbocycles. The van der Waals surface area contributed by atoms with Gasteiger partial charge in [-0.1, -0.05) is 30.4 Å². The van der Waals surface area contributed by atoms with Crippen molar-refractivity contribution in [1.29, 1.82) is 0 Å². The van der Waals surface area contributed by atoms with E-state index >= 15 is 0 Å². The van der Waals surface area contributed by atoms with Crippen LogP contribution in [0.4, 0.5) is 13.2 Å². The highest BCUT2D eigenvalue weighted by molar-refractivity contribution is 5.94. The summed E-state index contributed by atoms with van der Waals surface area (Å²) >= 11 is 0. The average Bonchev–Trinajstić information content (AvgIpc) is 3.11. The summed E-state index contributed by atoms with van der Waals surface area (Å²) in [7, 11) is 5.83. The van der Waals surface area contributed by atoms with Crippen LogP contribution < -0.4 is 16.4 Å². The van der Waals surface area contributed by atoms with Gasteiger partial charge in [0.15, 0.2) is 0 Å². The first-order valence-corrected chi connectivity index (χ1v) is 15.0. The predicted molar refractivity (Wildman–Crippen MR) is 169 cm³/mol. The molecule has 0 bridgehead atoms. The Morgan fingerprint density at radius 2 is 1.91 bits per heavy atom. The van der Waals surface area contributed by atoms with E-state index in [-0.39, 0.29) is 31.5 Å². The highest BCUT2D eigenvalue weighted by Crippen LogP contribution is 2.34. The highest BCUT2D eigenvalue weighted by atomic mass is 19.4. The summed E-state index contributed by atoms with van der Waals surface area (Å²) in [5.74, 6) is -0.328. The minimum atomic E-state index is -4.49. The lowest BCUT2D eigenvalue weighted by Crippen LogP contribution is -2.42. The first-order valence-electron chi connectivity index (χ1n) is 15.0. The summed E-state index contributed by atoms with van der Waals surface area (Å²) in [4.78, 5) is 17.4. The molecule has 1 amide bonds. The van der Waals surface area contributed by atoms with Crippen molar-refractivity contribution in [3.8, 4) is 0 Å². The number of aryl methyl sites for hydroxylation is 1. The molecule has 1 aromatic heterocycles. The Morgan fingerprint density at radius 1 is 1.18 bits per heavy atom. The molecule has 8 nitrogen and oxygen atoms in total. The van der Waals surface area contributed by atoms with Gasteiger partial charge in [-0.05, 0) is 89.5 Å². The Morgan fingerprint density at radius 3 is 2.57 bits per heavy atom. The lowest BCUT2D eigenvalue weighted by Gasteiger charge is -2.35. The van der Waals surface area contributed by atoms with Gasteiger partial charge >= 0.3 is 6.18 Å². The van der Waals surface area contributed by atoms with Crippen LogP contribution in [0.1, 0.15) is 43.9 Å². The van der Waals surface area contributed by atoms with Crippen molar-refractivity contribution in [2.45, 2.75) is 51.7 Å². The minimum Gasteiger partial charge on any atom is -0.397 e. The number of piperidine rings is 1. The Labute approximate surface area is 258 Å². The summed E-state index contributed by atoms with van der Waals surface area (Å²) in [6.45, 7) is 5.99. The van der Waals surface area contributed by atoms with E-state index in [1.807, 2.05) is 40.1 Å². The number of nitrogens with zero attached hydrogens (tertiary/aromatic N) is 4. The van der Waals surface area contributed by atoms with E-state index in [1.165, 1.54) is 6.08 Å². The third kappa shape index (κ3) is 8.41. The number of alkyl halides is 3. The molecule has 0 atom stereocenters. The third-order valence-corrected chi connectivity index (χ3v) is 8.62. The number of hydrogen-bond donors (Lipinski definition) is 3. The largest absolute Gasteiger partial charge is 0.416 e. The number of carbonyl (C=O) groups excluding carboxylic acids is 1. The molecule has 11 heteroatoms. The van der Waals surface area contributed by atoms with Crippen molar-refractivity contribution in [2.75, 3.05) is 40.3 Å². The van der Waals surface area contributed by atoms with Crippen LogP contribution >= 0.6 is 0 Å². The molecule has 1 aliphatic heterocycles. The Balaban J connectivity index is 1.40. The normalized spacial score (nSPS) is 19.2. The number of nitrogens with two attached hydrogens (primary N) is 1. The quantitative estimate of drug-likeness (QED) is 0.378. The average molecular weight is 612 g/mol. The lowest BCUT2D eigenvalue weighted by molar-refractivity contribution is -0.117. The first kappa shape index (κ1) is 33.1. The maximum atomic E-state index is 14.2. The van der Waals surface area contributed by atoms with E-state index in [2.05, 4.69) is 32.6 Å². The van der Waals surface area contributed by atoms with E-state index in [4.69, 9.17) is 5.73 Å². The molecule has 238 valence electrons. The molecule has 0 radical (unpaired) electrons. The second-order valence-electron chi connectivity index (χ2n) is 11.8. The van der Waals surface area contributed by atoms with Crippen LogP contribution in [0.5, 0.6) is 0 Å². The Hall–Kier alpha value is -3.83. The standard InChI is InChI=1S/C33H44F3N7O/c1-22-9-10-25(11-12-31(22)38-20-30(37)28-19-40-43(5)23(28)2)32(44)39-18-24-7-6-8-26(29(17-24)33(34,35)36)21-42(4)27-13-15-41(3)16-14-27/h6-7,9-10,12,17,19-20,27,38H,8,11,13-16,18,21,37H2,1-5H3,(H,39,44)/b30-20-. The van der Waals surface area contributed by atoms with Crippen LogP contribution in [0.25, 0.3) is 5.70 Å². The van der Waals surface area contributed by atoms with Gasteiger partial charge in [0.1, 0.15) is 0 Å². The van der Waals surface area contributed by atoms with Gasteiger partial charge in [-0.15, -0.1) is 0 Å². The number of carbonyl (C=O) groups is 1. The number of allylic oxidation sites excluding steroid dienone is 7. The molecule has 44 heavy (non-hydrogen) atoms. The van der Waals surface area contributed by atoms with Crippen molar-refractivity contribution < 1.29 is 18.0 Å². The van der Waals surface area contributed by atoms with E-state index in [1.54, 1.807) is 35.3 Å². The Kier molecular flexibility index (Phi) is 10.7. The fourth-order valence-electron chi connectivity index (χ4n) is 5.61. The maximum Gasteiger partial charge on any atom is 0.416 e. The van der Waals surface area contributed by atoms with Gasteiger partial charge in [-0.2, -0.15) is 18.3 Å². The Bertz CT molecular complexity index is 1450. The number of nitrogens with one attached hydrogen (secondary N) is 2. The number of likely N-dealkylation sites (N-methyl/N-ethyl adjacent to an activating group) is 1. The predicted octanol–water partition coefficient (Wildman–Crippen LogP) is 4.62. The van der Waals surface area contributed by atoms with Crippen LogP contribution in [-0.4, -0.2) is 78.0 Å². The smallest absolute Gasteiger partial charge is 0.397 e. The molecule has 0 aromatic carbocycles. The number of likely N-dealkylation sites (tertiary alicyclic amines) is 1. The van der Waals surface area contributed by atoms with Crippen LogP contribution in [-0.2, 0) is 11.8 Å².